The summed E-state index contributed by atoms with van der Waals surface area (Å²) in [5, 5.41) is 0. The quantitative estimate of drug-likeness (QED) is 0.663. The van der Waals surface area contributed by atoms with Crippen LogP contribution in [0.4, 0.5) is 0 Å². The molecule has 0 unspecified atom stereocenters. The predicted molar refractivity (Wildman–Crippen MR) is 69.9 cm³/mol. The fraction of sp³-hybridized carbons (Fsp3) is 1.00. The van der Waals surface area contributed by atoms with Crippen LogP contribution in [0.15, 0.2) is 0 Å². The van der Waals surface area contributed by atoms with Gasteiger partial charge in [0.05, 0.1) is 5.75 Å². The molecule has 3 nitrogen and oxygen atoms in total. The van der Waals surface area contributed by atoms with Gasteiger partial charge in [-0.05, 0) is 31.6 Å². The van der Waals surface area contributed by atoms with E-state index in [-0.39, 0.29) is 5.75 Å². The molecule has 0 N–H and O–H groups in total. The van der Waals surface area contributed by atoms with E-state index in [0.717, 1.165) is 12.8 Å². The molecule has 0 aromatic carbocycles. The Hall–Kier alpha value is -0.0900. The second-order valence-electron chi connectivity index (χ2n) is 5.16. The minimum absolute atomic E-state index is 0.211. The molecule has 0 aliphatic carbocycles. The van der Waals surface area contributed by atoms with Gasteiger partial charge in [0.25, 0.3) is 0 Å². The molecule has 16 heavy (non-hydrogen) atoms. The zero-order valence-electron chi connectivity index (χ0n) is 11.4. The molecule has 0 aromatic heterocycles. The second-order valence-corrected chi connectivity index (χ2v) is 7.42. The van der Waals surface area contributed by atoms with Crippen molar-refractivity contribution in [3.63, 3.8) is 0 Å². The van der Waals surface area contributed by atoms with Crippen LogP contribution in [0.3, 0.4) is 0 Å². The monoisotopic (exact) mass is 249 g/mol. The Morgan fingerprint density at radius 1 is 0.938 bits per heavy atom. The lowest BCUT2D eigenvalue weighted by molar-refractivity contribution is 0.357. The van der Waals surface area contributed by atoms with Crippen LogP contribution < -0.4 is 0 Å². The van der Waals surface area contributed by atoms with Gasteiger partial charge in [0.2, 0.25) is 10.0 Å². The van der Waals surface area contributed by atoms with E-state index < -0.39 is 10.0 Å². The molecule has 0 rings (SSSR count). The first-order valence-electron chi connectivity index (χ1n) is 6.27. The third-order valence-corrected chi connectivity index (χ3v) is 4.55. The SMILES string of the molecule is CCS(=O)(=O)N(CCC(C)C)CCC(C)C. The highest BCUT2D eigenvalue weighted by Gasteiger charge is 2.19. The first-order chi connectivity index (χ1) is 7.29. The average Bonchev–Trinajstić information content (AvgIpc) is 2.16. The molecule has 0 spiro atoms. The summed E-state index contributed by atoms with van der Waals surface area (Å²) in [6.07, 6.45) is 1.88. The van der Waals surface area contributed by atoms with E-state index in [0.29, 0.717) is 24.9 Å². The highest BCUT2D eigenvalue weighted by atomic mass is 32.2. The zero-order valence-corrected chi connectivity index (χ0v) is 12.2. The molecule has 0 saturated heterocycles. The van der Waals surface area contributed by atoms with E-state index in [1.807, 2.05) is 0 Å². The fourth-order valence-electron chi connectivity index (χ4n) is 1.38. The van der Waals surface area contributed by atoms with Crippen molar-refractivity contribution in [1.29, 1.82) is 0 Å². The summed E-state index contributed by atoms with van der Waals surface area (Å²) in [6, 6.07) is 0. The Morgan fingerprint density at radius 2 is 1.31 bits per heavy atom. The van der Waals surface area contributed by atoms with Crippen LogP contribution in [-0.2, 0) is 10.0 Å². The van der Waals surface area contributed by atoms with Crippen molar-refractivity contribution in [3.8, 4) is 0 Å². The van der Waals surface area contributed by atoms with Crippen molar-refractivity contribution in [2.45, 2.75) is 47.5 Å². The number of hydrogen-bond acceptors (Lipinski definition) is 2. The smallest absolute Gasteiger partial charge is 0.212 e. The van der Waals surface area contributed by atoms with Crippen molar-refractivity contribution in [2.75, 3.05) is 18.8 Å². The Balaban J connectivity index is 4.39. The average molecular weight is 249 g/mol. The highest BCUT2D eigenvalue weighted by Crippen LogP contribution is 2.10. The molecule has 4 heteroatoms. The Kier molecular flexibility index (Phi) is 7.24. The molecule has 0 aliphatic rings. The molecular formula is C12H27NO2S. The summed E-state index contributed by atoms with van der Waals surface area (Å²) in [7, 11) is -3.02. The molecule has 0 amide bonds. The summed E-state index contributed by atoms with van der Waals surface area (Å²) in [5.41, 5.74) is 0. The Labute approximate surface area is 101 Å². The number of rotatable bonds is 8. The summed E-state index contributed by atoms with van der Waals surface area (Å²) in [6.45, 7) is 11.5. The maximum atomic E-state index is 11.9. The van der Waals surface area contributed by atoms with E-state index in [4.69, 9.17) is 0 Å². The van der Waals surface area contributed by atoms with Crippen molar-refractivity contribution in [1.82, 2.24) is 4.31 Å². The van der Waals surface area contributed by atoms with E-state index in [2.05, 4.69) is 27.7 Å². The molecule has 0 radical (unpaired) electrons. The third kappa shape index (κ3) is 6.48. The summed E-state index contributed by atoms with van der Waals surface area (Å²) in [5.74, 6) is 1.31. The van der Waals surface area contributed by atoms with Crippen molar-refractivity contribution >= 4 is 10.0 Å². The van der Waals surface area contributed by atoms with Crippen molar-refractivity contribution in [2.24, 2.45) is 11.8 Å². The first kappa shape index (κ1) is 15.9. The zero-order chi connectivity index (χ0) is 12.8. The van der Waals surface area contributed by atoms with Gasteiger partial charge in [-0.2, -0.15) is 0 Å². The summed E-state index contributed by atoms with van der Waals surface area (Å²) >= 11 is 0. The van der Waals surface area contributed by atoms with Crippen LogP contribution >= 0.6 is 0 Å². The molecular weight excluding hydrogens is 222 g/mol. The molecule has 0 aliphatic heterocycles. The van der Waals surface area contributed by atoms with Crippen LogP contribution in [0.5, 0.6) is 0 Å². The molecule has 0 saturated carbocycles. The van der Waals surface area contributed by atoms with Gasteiger partial charge in [-0.15, -0.1) is 0 Å². The van der Waals surface area contributed by atoms with Crippen LogP contribution in [0, 0.1) is 11.8 Å². The molecule has 98 valence electrons. The maximum Gasteiger partial charge on any atom is 0.213 e. The minimum Gasteiger partial charge on any atom is -0.212 e. The van der Waals surface area contributed by atoms with Crippen LogP contribution in [0.2, 0.25) is 0 Å². The number of nitrogens with zero attached hydrogens (tertiary/aromatic N) is 1. The van der Waals surface area contributed by atoms with E-state index in [9.17, 15) is 8.42 Å². The van der Waals surface area contributed by atoms with E-state index >= 15 is 0 Å². The van der Waals surface area contributed by atoms with E-state index in [1.54, 1.807) is 11.2 Å². The maximum absolute atomic E-state index is 11.9. The molecule has 0 bridgehead atoms. The highest BCUT2D eigenvalue weighted by molar-refractivity contribution is 7.89. The summed E-state index contributed by atoms with van der Waals surface area (Å²) in [4.78, 5) is 0. The summed E-state index contributed by atoms with van der Waals surface area (Å²) < 4.78 is 25.4. The normalized spacial score (nSPS) is 13.0. The number of sulfonamides is 1. The largest absolute Gasteiger partial charge is 0.213 e. The number of hydrogen-bond donors (Lipinski definition) is 0. The lowest BCUT2D eigenvalue weighted by atomic mass is 10.1. The van der Waals surface area contributed by atoms with Crippen LogP contribution in [-0.4, -0.2) is 31.6 Å². The van der Waals surface area contributed by atoms with Crippen molar-refractivity contribution in [3.05, 3.63) is 0 Å². The lowest BCUT2D eigenvalue weighted by Gasteiger charge is -2.23. The van der Waals surface area contributed by atoms with Gasteiger partial charge >= 0.3 is 0 Å². The molecule has 0 atom stereocenters. The van der Waals surface area contributed by atoms with Gasteiger partial charge in [-0.3, -0.25) is 0 Å². The van der Waals surface area contributed by atoms with E-state index in [1.165, 1.54) is 0 Å². The molecule has 0 aromatic rings. The predicted octanol–water partition coefficient (Wildman–Crippen LogP) is 2.73. The van der Waals surface area contributed by atoms with Gasteiger partial charge < -0.3 is 0 Å². The van der Waals surface area contributed by atoms with Crippen LogP contribution in [0.1, 0.15) is 47.5 Å². The second kappa shape index (κ2) is 7.28. The third-order valence-electron chi connectivity index (χ3n) is 2.67. The minimum atomic E-state index is -3.02. The van der Waals surface area contributed by atoms with Gasteiger partial charge in [-0.1, -0.05) is 27.7 Å². The van der Waals surface area contributed by atoms with Gasteiger partial charge in [0, 0.05) is 13.1 Å². The Bertz CT molecular complexity index is 259. The van der Waals surface area contributed by atoms with Gasteiger partial charge in [-0.25, -0.2) is 12.7 Å². The fourth-order valence-corrected chi connectivity index (χ4v) is 2.51. The standard InChI is InChI=1S/C12H27NO2S/c1-6-16(14,15)13(9-7-11(2)3)10-8-12(4)5/h11-12H,6-10H2,1-5H3. The van der Waals surface area contributed by atoms with Gasteiger partial charge in [0.1, 0.15) is 0 Å². The van der Waals surface area contributed by atoms with Crippen LogP contribution in [0.25, 0.3) is 0 Å². The Morgan fingerprint density at radius 3 is 1.56 bits per heavy atom. The lowest BCUT2D eigenvalue weighted by Crippen LogP contribution is -2.35. The van der Waals surface area contributed by atoms with Crippen molar-refractivity contribution < 1.29 is 8.42 Å². The topological polar surface area (TPSA) is 37.4 Å². The molecule has 0 fully saturated rings. The molecule has 0 heterocycles. The van der Waals surface area contributed by atoms with Gasteiger partial charge in [0.15, 0.2) is 0 Å². The first-order valence-corrected chi connectivity index (χ1v) is 7.88.